The van der Waals surface area contributed by atoms with Crippen molar-refractivity contribution in [2.75, 3.05) is 6.54 Å². The van der Waals surface area contributed by atoms with Crippen molar-refractivity contribution in [1.29, 1.82) is 0 Å². The number of aryl methyl sites for hydroxylation is 1. The lowest BCUT2D eigenvalue weighted by Crippen LogP contribution is -2.70. The van der Waals surface area contributed by atoms with Gasteiger partial charge in [0.15, 0.2) is 0 Å². The molecule has 0 radical (unpaired) electrons. The zero-order valence-corrected chi connectivity index (χ0v) is 25.9. The van der Waals surface area contributed by atoms with Crippen molar-refractivity contribution in [3.63, 3.8) is 0 Å². The number of alkyl halides is 13. The Kier molecular flexibility index (Phi) is 12.2. The average Bonchev–Trinajstić information content (AvgIpc) is 3.06. The van der Waals surface area contributed by atoms with E-state index in [0.29, 0.717) is 29.8 Å². The summed E-state index contributed by atoms with van der Waals surface area (Å²) in [6.45, 7) is 2.37. The monoisotopic (exact) mass is 729 g/mol. The molecule has 3 aromatic carbocycles. The number of halogens is 13. The lowest BCUT2D eigenvalue weighted by atomic mass is 9.91. The Hall–Kier alpha value is -4.44. The molecule has 3 aromatic rings. The molecule has 50 heavy (non-hydrogen) atoms. The van der Waals surface area contributed by atoms with Gasteiger partial charge in [-0.25, -0.2) is 0 Å². The summed E-state index contributed by atoms with van der Waals surface area (Å²) in [6, 6.07) is 18.9. The van der Waals surface area contributed by atoms with Crippen LogP contribution in [0, 0.1) is 0 Å². The third-order valence-corrected chi connectivity index (χ3v) is 7.32. The summed E-state index contributed by atoms with van der Waals surface area (Å²) in [5, 5.41) is 9.90. The summed E-state index contributed by atoms with van der Waals surface area (Å²) < 4.78 is 174. The quantitative estimate of drug-likeness (QED) is 0.0484. The van der Waals surface area contributed by atoms with Gasteiger partial charge < -0.3 is 0 Å². The SMILES string of the molecule is CCCN(Cc1ccc(CCC(F)(F)C(F)(F)C(F)(F)C(F)(F)C(F)(F)C(F)(F)F)cc1)N=Nc1ccc(/C=C/c2ccc(C=O)cc2)cc1. The Morgan fingerprint density at radius 3 is 1.54 bits per heavy atom. The highest BCUT2D eigenvalue weighted by atomic mass is 19.4. The smallest absolute Gasteiger partial charge is 0.298 e. The number of aldehydes is 1. The first-order valence-electron chi connectivity index (χ1n) is 14.6. The number of carbonyl (C=O) groups is 1. The zero-order chi connectivity index (χ0) is 37.6. The first kappa shape index (κ1) is 40.0. The van der Waals surface area contributed by atoms with Crippen molar-refractivity contribution in [2.24, 2.45) is 10.3 Å². The molecule has 3 rings (SSSR count). The van der Waals surface area contributed by atoms with Crippen molar-refractivity contribution in [3.8, 4) is 0 Å². The minimum Gasteiger partial charge on any atom is -0.298 e. The number of rotatable bonds is 16. The van der Waals surface area contributed by atoms with E-state index in [0.717, 1.165) is 29.5 Å². The van der Waals surface area contributed by atoms with E-state index < -0.39 is 48.6 Å². The number of benzene rings is 3. The fourth-order valence-electron chi connectivity index (χ4n) is 4.34. The molecule has 0 aliphatic carbocycles. The summed E-state index contributed by atoms with van der Waals surface area (Å²) in [5.41, 5.74) is 3.10. The molecule has 0 fully saturated rings. The van der Waals surface area contributed by atoms with Crippen LogP contribution in [-0.4, -0.2) is 53.6 Å². The lowest BCUT2D eigenvalue weighted by Gasteiger charge is -2.39. The molecule has 17 heteroatoms. The Morgan fingerprint density at radius 2 is 1.06 bits per heavy atom. The fourth-order valence-corrected chi connectivity index (χ4v) is 4.34. The number of hydrogen-bond acceptors (Lipinski definition) is 3. The fraction of sp³-hybridized carbons (Fsp3) is 0.364. The highest BCUT2D eigenvalue weighted by Crippen LogP contribution is 2.60. The Balaban J connectivity index is 1.64. The van der Waals surface area contributed by atoms with Crippen molar-refractivity contribution >= 4 is 24.1 Å². The molecule has 0 atom stereocenters. The van der Waals surface area contributed by atoms with Gasteiger partial charge in [-0.2, -0.15) is 57.1 Å². The van der Waals surface area contributed by atoms with Gasteiger partial charge in [-0.1, -0.05) is 85.0 Å². The van der Waals surface area contributed by atoms with Crippen LogP contribution in [0.15, 0.2) is 83.1 Å². The number of nitrogens with zero attached hydrogens (tertiary/aromatic N) is 3. The van der Waals surface area contributed by atoms with Crippen molar-refractivity contribution < 1.29 is 61.9 Å². The van der Waals surface area contributed by atoms with Gasteiger partial charge in [0.05, 0.1) is 12.2 Å². The van der Waals surface area contributed by atoms with Crippen LogP contribution in [0.1, 0.15) is 52.4 Å². The normalized spacial score (nSPS) is 13.7. The van der Waals surface area contributed by atoms with Crippen LogP contribution in [0.5, 0.6) is 0 Å². The van der Waals surface area contributed by atoms with E-state index in [9.17, 15) is 61.9 Å². The Labute approximate surface area is 277 Å². The summed E-state index contributed by atoms with van der Waals surface area (Å²) in [4.78, 5) is 10.8. The van der Waals surface area contributed by atoms with E-state index in [1.165, 1.54) is 12.1 Å². The van der Waals surface area contributed by atoms with E-state index in [1.807, 2.05) is 19.1 Å². The molecule has 0 aliphatic rings. The van der Waals surface area contributed by atoms with E-state index in [2.05, 4.69) is 10.3 Å². The number of hydrogen-bond donors (Lipinski definition) is 0. The van der Waals surface area contributed by atoms with Crippen LogP contribution >= 0.6 is 0 Å². The summed E-state index contributed by atoms with van der Waals surface area (Å²) >= 11 is 0. The van der Waals surface area contributed by atoms with Gasteiger partial charge in [0, 0.05) is 18.5 Å². The lowest BCUT2D eigenvalue weighted by molar-refractivity contribution is -0.440. The van der Waals surface area contributed by atoms with Crippen LogP contribution in [0.25, 0.3) is 12.2 Å². The second-order valence-electron chi connectivity index (χ2n) is 11.1. The molecule has 0 heterocycles. The number of carbonyl (C=O) groups excluding carboxylic acids is 1. The Morgan fingerprint density at radius 1 is 0.600 bits per heavy atom. The average molecular weight is 730 g/mol. The van der Waals surface area contributed by atoms with Crippen LogP contribution in [-0.2, 0) is 13.0 Å². The van der Waals surface area contributed by atoms with Crippen LogP contribution in [0.3, 0.4) is 0 Å². The minimum atomic E-state index is -7.91. The van der Waals surface area contributed by atoms with E-state index in [1.54, 1.807) is 53.5 Å². The zero-order valence-electron chi connectivity index (χ0n) is 25.9. The molecular formula is C33H28F13N3O. The maximum atomic E-state index is 14.2. The molecule has 0 saturated heterocycles. The van der Waals surface area contributed by atoms with E-state index in [-0.39, 0.29) is 12.1 Å². The van der Waals surface area contributed by atoms with Crippen LogP contribution < -0.4 is 0 Å². The van der Waals surface area contributed by atoms with Gasteiger partial charge in [-0.15, -0.1) is 5.11 Å². The predicted molar refractivity (Wildman–Crippen MR) is 158 cm³/mol. The van der Waals surface area contributed by atoms with Gasteiger partial charge in [-0.3, -0.25) is 9.80 Å². The molecule has 272 valence electrons. The third kappa shape index (κ3) is 8.64. The molecule has 0 unspecified atom stereocenters. The first-order valence-corrected chi connectivity index (χ1v) is 14.6. The second kappa shape index (κ2) is 15.2. The molecule has 0 bridgehead atoms. The van der Waals surface area contributed by atoms with E-state index >= 15 is 0 Å². The van der Waals surface area contributed by atoms with Gasteiger partial charge >= 0.3 is 35.8 Å². The highest BCUT2D eigenvalue weighted by molar-refractivity contribution is 5.76. The van der Waals surface area contributed by atoms with Crippen molar-refractivity contribution in [2.45, 2.75) is 68.5 Å². The van der Waals surface area contributed by atoms with Gasteiger partial charge in [0.1, 0.15) is 6.29 Å². The largest absolute Gasteiger partial charge is 0.460 e. The molecular weight excluding hydrogens is 701 g/mol. The molecule has 0 amide bonds. The van der Waals surface area contributed by atoms with Crippen molar-refractivity contribution in [3.05, 3.63) is 101 Å². The highest BCUT2D eigenvalue weighted by Gasteiger charge is 2.90. The molecule has 0 aromatic heterocycles. The summed E-state index contributed by atoms with van der Waals surface area (Å²) in [6.07, 6.45) is -5.82. The second-order valence-corrected chi connectivity index (χ2v) is 11.1. The summed E-state index contributed by atoms with van der Waals surface area (Å²) in [5.74, 6) is -36.9. The minimum absolute atomic E-state index is 0.115. The molecule has 0 aliphatic heterocycles. The topological polar surface area (TPSA) is 45.0 Å². The van der Waals surface area contributed by atoms with Gasteiger partial charge in [0.2, 0.25) is 0 Å². The molecule has 0 saturated carbocycles. The van der Waals surface area contributed by atoms with Crippen molar-refractivity contribution in [1.82, 2.24) is 5.01 Å². The predicted octanol–water partition coefficient (Wildman–Crippen LogP) is 11.3. The standard InChI is InChI=1S/C33H28F13N3O/c1-2-19-49(48-47-27-15-13-23(14-16-27)4-3-22-7-11-26(21-50)12-8-22)20-25-9-5-24(6-10-25)17-18-28(34,35)29(36,37)30(38,39)31(40,41)32(42,43)33(44,45)46/h3-16,21H,2,17-20H2,1H3/b4-3+,48-47?. The van der Waals surface area contributed by atoms with Gasteiger partial charge in [0.25, 0.3) is 0 Å². The maximum Gasteiger partial charge on any atom is 0.460 e. The van der Waals surface area contributed by atoms with Gasteiger partial charge in [-0.05, 0) is 47.2 Å². The summed E-state index contributed by atoms with van der Waals surface area (Å²) in [7, 11) is 0. The van der Waals surface area contributed by atoms with Crippen LogP contribution in [0.2, 0.25) is 0 Å². The Bertz CT molecular complexity index is 1620. The van der Waals surface area contributed by atoms with Crippen LogP contribution in [0.4, 0.5) is 62.8 Å². The molecule has 0 spiro atoms. The van der Waals surface area contributed by atoms with E-state index in [4.69, 9.17) is 0 Å². The molecule has 4 nitrogen and oxygen atoms in total. The molecule has 0 N–H and O–H groups in total. The first-order chi connectivity index (χ1) is 23.1. The maximum absolute atomic E-state index is 14.2. The third-order valence-electron chi connectivity index (χ3n) is 7.32.